The summed E-state index contributed by atoms with van der Waals surface area (Å²) < 4.78 is 0. The van der Waals surface area contributed by atoms with Crippen molar-refractivity contribution in [3.05, 3.63) is 5.82 Å². The van der Waals surface area contributed by atoms with Crippen molar-refractivity contribution >= 4 is 5.91 Å². The number of nitriles is 2. The Morgan fingerprint density at radius 3 is 2.50 bits per heavy atom. The molecule has 0 aliphatic rings. The van der Waals surface area contributed by atoms with Gasteiger partial charge in [0.1, 0.15) is 13.1 Å². The smallest absolute Gasteiger partial charge is 0.297 e. The number of H-pyrrole nitrogens is 1. The molecule has 8 nitrogen and oxygen atoms in total. The average Bonchev–Trinajstić information content (AvgIpc) is 2.69. The zero-order valence-electron chi connectivity index (χ0n) is 7.01. The highest BCUT2D eigenvalue weighted by molar-refractivity contribution is 5.90. The number of hydrogen-bond donors (Lipinski definition) is 1. The normalized spacial score (nSPS) is 8.71. The van der Waals surface area contributed by atoms with E-state index >= 15 is 0 Å². The predicted molar refractivity (Wildman–Crippen MR) is 41.3 cm³/mol. The van der Waals surface area contributed by atoms with Crippen LogP contribution in [0.5, 0.6) is 0 Å². The second-order valence-corrected chi connectivity index (χ2v) is 2.21. The maximum atomic E-state index is 11.4. The van der Waals surface area contributed by atoms with Gasteiger partial charge in [0.15, 0.2) is 0 Å². The van der Waals surface area contributed by atoms with Gasteiger partial charge in [-0.15, -0.1) is 10.2 Å². The molecule has 0 aromatic carbocycles. The van der Waals surface area contributed by atoms with E-state index in [2.05, 4.69) is 20.6 Å². The van der Waals surface area contributed by atoms with E-state index in [1.54, 1.807) is 12.1 Å². The third kappa shape index (κ3) is 2.01. The van der Waals surface area contributed by atoms with Crippen LogP contribution in [0, 0.1) is 22.7 Å². The minimum absolute atomic E-state index is 0.157. The Kier molecular flexibility index (Phi) is 3.10. The number of aromatic amines is 1. The molecule has 0 aliphatic heterocycles. The predicted octanol–water partition coefficient (Wildman–Crippen LogP) is -1.31. The minimum Gasteiger partial charge on any atom is -0.309 e. The molecule has 1 aromatic rings. The monoisotopic (exact) mass is 191 g/mol. The molecule has 0 saturated carbocycles. The molecule has 0 bridgehead atoms. The Labute approximate surface area is 78.7 Å². The standard InChI is InChI=1S/C6H5N7O/c7-1-3-13(4-2-8)6(14)5-9-11-12-10-5/h3-4H2,(H,9,10,11,12). The van der Waals surface area contributed by atoms with Crippen LogP contribution in [-0.4, -0.2) is 44.5 Å². The Morgan fingerprint density at radius 2 is 2.07 bits per heavy atom. The zero-order chi connectivity index (χ0) is 10.4. The van der Waals surface area contributed by atoms with Gasteiger partial charge in [-0.2, -0.15) is 15.7 Å². The summed E-state index contributed by atoms with van der Waals surface area (Å²) in [7, 11) is 0. The van der Waals surface area contributed by atoms with Crippen LogP contribution in [-0.2, 0) is 0 Å². The third-order valence-corrected chi connectivity index (χ3v) is 1.35. The first-order chi connectivity index (χ1) is 6.79. The molecular formula is C6H5N7O. The average molecular weight is 191 g/mol. The highest BCUT2D eigenvalue weighted by Gasteiger charge is 2.18. The number of nitrogens with zero attached hydrogens (tertiary/aromatic N) is 6. The number of tetrazole rings is 1. The molecule has 14 heavy (non-hydrogen) atoms. The highest BCUT2D eigenvalue weighted by atomic mass is 16.2. The van der Waals surface area contributed by atoms with Crippen LogP contribution in [0.25, 0.3) is 0 Å². The van der Waals surface area contributed by atoms with E-state index in [4.69, 9.17) is 10.5 Å². The molecule has 1 rings (SSSR count). The van der Waals surface area contributed by atoms with Crippen molar-refractivity contribution in [1.82, 2.24) is 25.5 Å². The van der Waals surface area contributed by atoms with Crippen LogP contribution in [0.4, 0.5) is 0 Å². The zero-order valence-corrected chi connectivity index (χ0v) is 7.01. The number of carbonyl (C=O) groups excluding carboxylic acids is 1. The molecule has 0 radical (unpaired) electrons. The van der Waals surface area contributed by atoms with Gasteiger partial charge in [0.2, 0.25) is 0 Å². The first kappa shape index (κ1) is 9.61. The van der Waals surface area contributed by atoms with Crippen molar-refractivity contribution in [3.8, 4) is 12.1 Å². The number of nitrogens with one attached hydrogen (secondary N) is 1. The SMILES string of the molecule is N#CCN(CC#N)C(=O)c1nn[nH]n1. The summed E-state index contributed by atoms with van der Waals surface area (Å²) in [6, 6.07) is 3.53. The molecule has 0 aliphatic carbocycles. The van der Waals surface area contributed by atoms with Gasteiger partial charge in [0.25, 0.3) is 11.7 Å². The minimum atomic E-state index is -0.596. The summed E-state index contributed by atoms with van der Waals surface area (Å²) in [6.45, 7) is -0.359. The lowest BCUT2D eigenvalue weighted by atomic mass is 10.4. The number of carbonyl (C=O) groups is 1. The molecule has 0 saturated heterocycles. The molecule has 1 aromatic heterocycles. The molecule has 0 spiro atoms. The van der Waals surface area contributed by atoms with Crippen molar-refractivity contribution < 1.29 is 4.79 Å². The van der Waals surface area contributed by atoms with Crippen LogP contribution < -0.4 is 0 Å². The third-order valence-electron chi connectivity index (χ3n) is 1.35. The van der Waals surface area contributed by atoms with Crippen LogP contribution >= 0.6 is 0 Å². The largest absolute Gasteiger partial charge is 0.309 e. The lowest BCUT2D eigenvalue weighted by Gasteiger charge is -2.12. The Morgan fingerprint density at radius 1 is 1.43 bits per heavy atom. The fourth-order valence-corrected chi connectivity index (χ4v) is 0.764. The van der Waals surface area contributed by atoms with E-state index < -0.39 is 5.91 Å². The Balaban J connectivity index is 2.76. The first-order valence-corrected chi connectivity index (χ1v) is 3.56. The summed E-state index contributed by atoms with van der Waals surface area (Å²) in [4.78, 5) is 12.4. The van der Waals surface area contributed by atoms with Crippen LogP contribution in [0.3, 0.4) is 0 Å². The lowest BCUT2D eigenvalue weighted by Crippen LogP contribution is -2.32. The van der Waals surface area contributed by atoms with Gasteiger partial charge in [-0.1, -0.05) is 0 Å². The van der Waals surface area contributed by atoms with E-state index in [-0.39, 0.29) is 18.9 Å². The van der Waals surface area contributed by atoms with Gasteiger partial charge in [0, 0.05) is 0 Å². The molecule has 0 atom stereocenters. The molecule has 1 heterocycles. The van der Waals surface area contributed by atoms with E-state index in [0.29, 0.717) is 0 Å². The molecule has 70 valence electrons. The van der Waals surface area contributed by atoms with Crippen molar-refractivity contribution in [2.24, 2.45) is 0 Å². The number of hydrogen-bond acceptors (Lipinski definition) is 6. The van der Waals surface area contributed by atoms with Crippen LogP contribution in [0.1, 0.15) is 10.6 Å². The maximum absolute atomic E-state index is 11.4. The fraction of sp³-hybridized carbons (Fsp3) is 0.333. The van der Waals surface area contributed by atoms with Gasteiger partial charge >= 0.3 is 0 Å². The van der Waals surface area contributed by atoms with Crippen molar-refractivity contribution in [1.29, 1.82) is 10.5 Å². The molecule has 0 fully saturated rings. The highest BCUT2D eigenvalue weighted by Crippen LogP contribution is 1.95. The first-order valence-electron chi connectivity index (χ1n) is 3.56. The number of amides is 1. The fourth-order valence-electron chi connectivity index (χ4n) is 0.764. The van der Waals surface area contributed by atoms with Gasteiger partial charge in [0.05, 0.1) is 12.1 Å². The van der Waals surface area contributed by atoms with Crippen molar-refractivity contribution in [3.63, 3.8) is 0 Å². The summed E-state index contributed by atoms with van der Waals surface area (Å²) in [5.41, 5.74) is 0. The number of aromatic nitrogens is 4. The van der Waals surface area contributed by atoms with E-state index in [9.17, 15) is 4.79 Å². The molecular weight excluding hydrogens is 186 g/mol. The van der Waals surface area contributed by atoms with E-state index in [1.807, 2.05) is 0 Å². The van der Waals surface area contributed by atoms with Crippen molar-refractivity contribution in [2.45, 2.75) is 0 Å². The van der Waals surface area contributed by atoms with Crippen LogP contribution in [0.2, 0.25) is 0 Å². The van der Waals surface area contributed by atoms with Gasteiger partial charge in [-0.05, 0) is 5.21 Å². The van der Waals surface area contributed by atoms with Gasteiger partial charge in [-0.25, -0.2) is 0 Å². The Hall–Kier alpha value is -2.48. The molecule has 1 amide bonds. The summed E-state index contributed by atoms with van der Waals surface area (Å²) in [6.07, 6.45) is 0. The second kappa shape index (κ2) is 4.52. The summed E-state index contributed by atoms with van der Waals surface area (Å²) in [5, 5.41) is 29.0. The van der Waals surface area contributed by atoms with Crippen molar-refractivity contribution in [2.75, 3.05) is 13.1 Å². The molecule has 8 heteroatoms. The van der Waals surface area contributed by atoms with E-state index in [0.717, 1.165) is 4.90 Å². The lowest BCUT2D eigenvalue weighted by molar-refractivity contribution is 0.0782. The van der Waals surface area contributed by atoms with Gasteiger partial charge < -0.3 is 4.90 Å². The summed E-state index contributed by atoms with van der Waals surface area (Å²) >= 11 is 0. The summed E-state index contributed by atoms with van der Waals surface area (Å²) in [5.74, 6) is -0.752. The molecule has 0 unspecified atom stereocenters. The quantitative estimate of drug-likeness (QED) is 0.591. The maximum Gasteiger partial charge on any atom is 0.297 e. The topological polar surface area (TPSA) is 122 Å². The van der Waals surface area contributed by atoms with E-state index in [1.165, 1.54) is 0 Å². The Bertz CT molecular complexity index is 367. The van der Waals surface area contributed by atoms with Crippen LogP contribution in [0.15, 0.2) is 0 Å². The molecule has 1 N–H and O–H groups in total. The van der Waals surface area contributed by atoms with Gasteiger partial charge in [-0.3, -0.25) is 4.79 Å². The number of rotatable bonds is 3. The second-order valence-electron chi connectivity index (χ2n) is 2.21.